The standard InChI is InChI=1S/C14H19N3O/c1-4-13(15-3)11-5-7-12(8-6-11)18-14-9-10(2)16-17-14/h5-9,13,15H,4H2,1-3H3,(H,16,17). The molecule has 2 N–H and O–H groups in total. The first-order valence-corrected chi connectivity index (χ1v) is 6.20. The van der Waals surface area contributed by atoms with E-state index in [-0.39, 0.29) is 0 Å². The molecule has 1 aromatic carbocycles. The van der Waals surface area contributed by atoms with Crippen LogP contribution < -0.4 is 10.1 Å². The van der Waals surface area contributed by atoms with Crippen LogP contribution in [0.15, 0.2) is 30.3 Å². The maximum absolute atomic E-state index is 5.64. The summed E-state index contributed by atoms with van der Waals surface area (Å²) in [6.07, 6.45) is 1.06. The third kappa shape index (κ3) is 2.90. The zero-order chi connectivity index (χ0) is 13.0. The molecular weight excluding hydrogens is 226 g/mol. The number of ether oxygens (including phenoxy) is 1. The summed E-state index contributed by atoms with van der Waals surface area (Å²) in [5.41, 5.74) is 2.26. The Bertz CT molecular complexity index is 486. The smallest absolute Gasteiger partial charge is 0.238 e. The van der Waals surface area contributed by atoms with Crippen molar-refractivity contribution in [3.05, 3.63) is 41.6 Å². The van der Waals surface area contributed by atoms with Crippen molar-refractivity contribution in [3.8, 4) is 11.6 Å². The van der Waals surface area contributed by atoms with Crippen molar-refractivity contribution >= 4 is 0 Å². The van der Waals surface area contributed by atoms with Crippen LogP contribution in [0.2, 0.25) is 0 Å². The highest BCUT2D eigenvalue weighted by atomic mass is 16.5. The topological polar surface area (TPSA) is 49.9 Å². The first-order valence-electron chi connectivity index (χ1n) is 6.20. The van der Waals surface area contributed by atoms with Crippen LogP contribution in [-0.4, -0.2) is 17.2 Å². The third-order valence-electron chi connectivity index (χ3n) is 2.94. The van der Waals surface area contributed by atoms with Crippen LogP contribution in [0.1, 0.15) is 30.6 Å². The predicted molar refractivity (Wildman–Crippen MR) is 71.9 cm³/mol. The predicted octanol–water partition coefficient (Wildman–Crippen LogP) is 3.18. The van der Waals surface area contributed by atoms with Gasteiger partial charge in [0.25, 0.3) is 0 Å². The number of hydrogen-bond donors (Lipinski definition) is 2. The Kier molecular flexibility index (Phi) is 3.99. The highest BCUT2D eigenvalue weighted by Gasteiger charge is 2.07. The fraction of sp³-hybridized carbons (Fsp3) is 0.357. The van der Waals surface area contributed by atoms with Crippen molar-refractivity contribution in [2.75, 3.05) is 7.05 Å². The van der Waals surface area contributed by atoms with Gasteiger partial charge in [-0.2, -0.15) is 0 Å². The summed E-state index contributed by atoms with van der Waals surface area (Å²) in [5, 5.41) is 10.2. The number of aromatic nitrogens is 2. The number of benzene rings is 1. The second-order valence-corrected chi connectivity index (χ2v) is 4.31. The summed E-state index contributed by atoms with van der Waals surface area (Å²) >= 11 is 0. The highest BCUT2D eigenvalue weighted by molar-refractivity contribution is 5.32. The van der Waals surface area contributed by atoms with Gasteiger partial charge >= 0.3 is 0 Å². The zero-order valence-electron chi connectivity index (χ0n) is 11.0. The molecule has 0 aliphatic rings. The Morgan fingerprint density at radius 1 is 1.33 bits per heavy atom. The quantitative estimate of drug-likeness (QED) is 0.850. The lowest BCUT2D eigenvalue weighted by molar-refractivity contribution is 0.461. The first-order chi connectivity index (χ1) is 8.72. The number of rotatable bonds is 5. The Labute approximate surface area is 107 Å². The minimum atomic E-state index is 0.395. The summed E-state index contributed by atoms with van der Waals surface area (Å²) in [7, 11) is 1.98. The van der Waals surface area contributed by atoms with Gasteiger partial charge in [0.15, 0.2) is 0 Å². The maximum Gasteiger partial charge on any atom is 0.238 e. The van der Waals surface area contributed by atoms with Crippen LogP contribution in [0.5, 0.6) is 11.6 Å². The number of aromatic amines is 1. The van der Waals surface area contributed by atoms with Gasteiger partial charge in [0.05, 0.1) is 0 Å². The fourth-order valence-electron chi connectivity index (χ4n) is 1.94. The Balaban J connectivity index is 2.07. The van der Waals surface area contributed by atoms with Crippen molar-refractivity contribution in [3.63, 3.8) is 0 Å². The summed E-state index contributed by atoms with van der Waals surface area (Å²) in [6.45, 7) is 4.11. The van der Waals surface area contributed by atoms with Gasteiger partial charge in [-0.3, -0.25) is 5.10 Å². The van der Waals surface area contributed by atoms with Crippen molar-refractivity contribution in [2.45, 2.75) is 26.3 Å². The molecule has 1 aromatic heterocycles. The van der Waals surface area contributed by atoms with Crippen molar-refractivity contribution in [1.82, 2.24) is 15.5 Å². The van der Waals surface area contributed by atoms with E-state index in [4.69, 9.17) is 4.74 Å². The largest absolute Gasteiger partial charge is 0.438 e. The minimum Gasteiger partial charge on any atom is -0.438 e. The number of hydrogen-bond acceptors (Lipinski definition) is 3. The molecule has 0 radical (unpaired) electrons. The summed E-state index contributed by atoms with van der Waals surface area (Å²) in [6, 6.07) is 10.4. The molecule has 0 bridgehead atoms. The number of H-pyrrole nitrogens is 1. The van der Waals surface area contributed by atoms with E-state index in [2.05, 4.69) is 34.6 Å². The molecule has 0 aliphatic carbocycles. The molecule has 4 heteroatoms. The Morgan fingerprint density at radius 2 is 2.06 bits per heavy atom. The van der Waals surface area contributed by atoms with E-state index >= 15 is 0 Å². The van der Waals surface area contributed by atoms with Crippen molar-refractivity contribution in [1.29, 1.82) is 0 Å². The van der Waals surface area contributed by atoms with E-state index in [0.29, 0.717) is 11.9 Å². The summed E-state index contributed by atoms with van der Waals surface area (Å²) in [4.78, 5) is 0. The third-order valence-corrected chi connectivity index (χ3v) is 2.94. The molecule has 4 nitrogen and oxygen atoms in total. The number of aryl methyl sites for hydroxylation is 1. The van der Waals surface area contributed by atoms with E-state index in [1.165, 1.54) is 5.56 Å². The molecule has 96 valence electrons. The molecule has 0 amide bonds. The SMILES string of the molecule is CCC(NC)c1ccc(Oc2cc(C)[nH]n2)cc1. The van der Waals surface area contributed by atoms with Crippen molar-refractivity contribution < 1.29 is 4.74 Å². The number of nitrogens with zero attached hydrogens (tertiary/aromatic N) is 1. The average molecular weight is 245 g/mol. The van der Waals surface area contributed by atoms with Gasteiger partial charge in [0, 0.05) is 17.8 Å². The molecule has 0 saturated carbocycles. The molecule has 1 unspecified atom stereocenters. The minimum absolute atomic E-state index is 0.395. The van der Waals surface area contributed by atoms with E-state index in [1.54, 1.807) is 0 Å². The van der Waals surface area contributed by atoms with Crippen LogP contribution in [0.25, 0.3) is 0 Å². The molecule has 1 heterocycles. The van der Waals surface area contributed by atoms with Crippen LogP contribution >= 0.6 is 0 Å². The summed E-state index contributed by atoms with van der Waals surface area (Å²) in [5.74, 6) is 1.40. The zero-order valence-corrected chi connectivity index (χ0v) is 11.0. The Morgan fingerprint density at radius 3 is 2.56 bits per heavy atom. The van der Waals surface area contributed by atoms with E-state index in [1.807, 2.05) is 32.2 Å². The first kappa shape index (κ1) is 12.6. The maximum atomic E-state index is 5.64. The normalized spacial score (nSPS) is 12.4. The molecule has 2 rings (SSSR count). The van der Waals surface area contributed by atoms with E-state index < -0.39 is 0 Å². The van der Waals surface area contributed by atoms with Gasteiger partial charge in [0.2, 0.25) is 5.88 Å². The van der Waals surface area contributed by atoms with Crippen molar-refractivity contribution in [2.24, 2.45) is 0 Å². The average Bonchev–Trinajstić information content (AvgIpc) is 2.78. The molecule has 0 saturated heterocycles. The van der Waals surface area contributed by atoms with Crippen LogP contribution in [0, 0.1) is 6.92 Å². The molecule has 18 heavy (non-hydrogen) atoms. The molecule has 0 aliphatic heterocycles. The second-order valence-electron chi connectivity index (χ2n) is 4.31. The molecule has 0 fully saturated rings. The van der Waals surface area contributed by atoms with Gasteiger partial charge in [-0.05, 0) is 38.1 Å². The lowest BCUT2D eigenvalue weighted by Gasteiger charge is -2.14. The molecule has 2 aromatic rings. The number of nitrogens with one attached hydrogen (secondary N) is 2. The van der Waals surface area contributed by atoms with Crippen LogP contribution in [0.4, 0.5) is 0 Å². The monoisotopic (exact) mass is 245 g/mol. The molecule has 1 atom stereocenters. The van der Waals surface area contributed by atoms with Gasteiger partial charge in [-0.1, -0.05) is 19.1 Å². The lowest BCUT2D eigenvalue weighted by Crippen LogP contribution is -2.14. The van der Waals surface area contributed by atoms with Gasteiger partial charge in [-0.15, -0.1) is 5.10 Å². The lowest BCUT2D eigenvalue weighted by atomic mass is 10.1. The fourth-order valence-corrected chi connectivity index (χ4v) is 1.94. The Hall–Kier alpha value is -1.81. The van der Waals surface area contributed by atoms with Crippen LogP contribution in [-0.2, 0) is 0 Å². The second kappa shape index (κ2) is 5.69. The van der Waals surface area contributed by atoms with Gasteiger partial charge in [0.1, 0.15) is 5.75 Å². The van der Waals surface area contributed by atoms with E-state index in [9.17, 15) is 0 Å². The highest BCUT2D eigenvalue weighted by Crippen LogP contribution is 2.23. The van der Waals surface area contributed by atoms with Gasteiger partial charge in [-0.25, -0.2) is 0 Å². The molecule has 0 spiro atoms. The van der Waals surface area contributed by atoms with Gasteiger partial charge < -0.3 is 10.1 Å². The molecular formula is C14H19N3O. The van der Waals surface area contributed by atoms with E-state index in [0.717, 1.165) is 17.9 Å². The van der Waals surface area contributed by atoms with Crippen LogP contribution in [0.3, 0.4) is 0 Å². The summed E-state index contributed by atoms with van der Waals surface area (Å²) < 4.78 is 5.64.